The molecule has 0 spiro atoms. The number of fused-ring (bicyclic) bond motifs is 2. The van der Waals surface area contributed by atoms with Gasteiger partial charge in [-0.25, -0.2) is 9.97 Å². The van der Waals surface area contributed by atoms with Crippen LogP contribution in [0.15, 0.2) is 42.7 Å². The van der Waals surface area contributed by atoms with Gasteiger partial charge in [0.15, 0.2) is 0 Å². The van der Waals surface area contributed by atoms with Gasteiger partial charge < -0.3 is 4.90 Å². The first kappa shape index (κ1) is 18.8. The zero-order chi connectivity index (χ0) is 20.0. The van der Waals surface area contributed by atoms with E-state index in [1.165, 1.54) is 11.9 Å². The molecule has 0 radical (unpaired) electrons. The Balaban J connectivity index is 1.39. The highest BCUT2D eigenvalue weighted by molar-refractivity contribution is 7.18. The molecule has 2 unspecified atom stereocenters. The van der Waals surface area contributed by atoms with Gasteiger partial charge >= 0.3 is 6.18 Å². The molecule has 2 fully saturated rings. The van der Waals surface area contributed by atoms with Gasteiger partial charge in [0.2, 0.25) is 0 Å². The first-order valence-electron chi connectivity index (χ1n) is 9.83. The summed E-state index contributed by atoms with van der Waals surface area (Å²) in [6.45, 7) is 2.83. The van der Waals surface area contributed by atoms with E-state index in [1.807, 2.05) is 6.07 Å². The van der Waals surface area contributed by atoms with Crippen molar-refractivity contribution in [3.05, 3.63) is 53.2 Å². The molecule has 0 bridgehead atoms. The Bertz CT molecular complexity index is 1000. The number of benzene rings is 1. The third kappa shape index (κ3) is 3.71. The standard InChI is InChI=1S/C21H21F3N4S/c22-21(23,24)11-15-10-16-19(25-13-26-20(16)29-15)28-9-7-17-18(28)6-8-27(17)12-14-4-2-1-3-5-14/h1-5,10,13,17-18H,6-9,11-12H2. The van der Waals surface area contributed by atoms with Crippen LogP contribution in [0.3, 0.4) is 0 Å². The molecule has 1 aromatic carbocycles. The van der Waals surface area contributed by atoms with Crippen molar-refractivity contribution in [3.63, 3.8) is 0 Å². The van der Waals surface area contributed by atoms with Gasteiger partial charge in [-0.1, -0.05) is 30.3 Å². The Morgan fingerprint density at radius 2 is 1.83 bits per heavy atom. The normalized spacial score (nSPS) is 22.5. The molecule has 2 aliphatic heterocycles. The van der Waals surface area contributed by atoms with Crippen LogP contribution in [-0.2, 0) is 13.0 Å². The molecule has 0 saturated carbocycles. The second-order valence-corrected chi connectivity index (χ2v) is 8.90. The molecule has 8 heteroatoms. The highest BCUT2D eigenvalue weighted by Crippen LogP contribution is 2.39. The van der Waals surface area contributed by atoms with Crippen LogP contribution in [0.25, 0.3) is 10.2 Å². The Morgan fingerprint density at radius 3 is 2.62 bits per heavy atom. The number of alkyl halides is 3. The average molecular weight is 418 g/mol. The number of nitrogens with zero attached hydrogens (tertiary/aromatic N) is 4. The third-order valence-electron chi connectivity index (χ3n) is 5.93. The third-order valence-corrected chi connectivity index (χ3v) is 6.97. The molecule has 4 heterocycles. The number of rotatable bonds is 4. The van der Waals surface area contributed by atoms with Gasteiger partial charge in [-0.15, -0.1) is 11.3 Å². The van der Waals surface area contributed by atoms with Crippen LogP contribution in [0.1, 0.15) is 23.3 Å². The van der Waals surface area contributed by atoms with E-state index in [1.54, 1.807) is 6.07 Å². The van der Waals surface area contributed by atoms with E-state index < -0.39 is 12.6 Å². The molecule has 3 aromatic rings. The summed E-state index contributed by atoms with van der Waals surface area (Å²) in [6.07, 6.45) is -1.55. The molecular weight excluding hydrogens is 397 g/mol. The van der Waals surface area contributed by atoms with Gasteiger partial charge in [0.05, 0.1) is 11.8 Å². The van der Waals surface area contributed by atoms with Crippen LogP contribution in [-0.4, -0.2) is 46.2 Å². The van der Waals surface area contributed by atoms with Crippen LogP contribution < -0.4 is 4.90 Å². The van der Waals surface area contributed by atoms with Gasteiger partial charge in [-0.05, 0) is 24.5 Å². The number of halogens is 3. The van der Waals surface area contributed by atoms with Crippen molar-refractivity contribution >= 4 is 27.4 Å². The number of aromatic nitrogens is 2. The second-order valence-electron chi connectivity index (χ2n) is 7.78. The van der Waals surface area contributed by atoms with Crippen molar-refractivity contribution in [2.45, 2.75) is 44.1 Å². The Labute approximate surface area is 171 Å². The maximum absolute atomic E-state index is 12.8. The van der Waals surface area contributed by atoms with E-state index >= 15 is 0 Å². The molecule has 152 valence electrons. The molecule has 2 saturated heterocycles. The summed E-state index contributed by atoms with van der Waals surface area (Å²) in [5.41, 5.74) is 1.31. The molecule has 29 heavy (non-hydrogen) atoms. The lowest BCUT2D eigenvalue weighted by atomic mass is 10.1. The predicted octanol–water partition coefficient (Wildman–Crippen LogP) is 4.65. The van der Waals surface area contributed by atoms with Gasteiger partial charge in [0, 0.05) is 36.6 Å². The lowest BCUT2D eigenvalue weighted by molar-refractivity contribution is -0.126. The Hall–Kier alpha value is -2.19. The van der Waals surface area contributed by atoms with Crippen molar-refractivity contribution in [2.75, 3.05) is 18.0 Å². The minimum absolute atomic E-state index is 0.294. The Morgan fingerprint density at radius 1 is 1.03 bits per heavy atom. The fourth-order valence-corrected chi connectivity index (χ4v) is 5.78. The van der Waals surface area contributed by atoms with Gasteiger partial charge in [-0.2, -0.15) is 13.2 Å². The molecule has 0 aliphatic carbocycles. The molecule has 4 nitrogen and oxygen atoms in total. The van der Waals surface area contributed by atoms with Gasteiger partial charge in [-0.3, -0.25) is 4.90 Å². The zero-order valence-electron chi connectivity index (χ0n) is 15.8. The fourth-order valence-electron chi connectivity index (χ4n) is 4.76. The molecule has 2 aliphatic rings. The summed E-state index contributed by atoms with van der Waals surface area (Å²) in [5.74, 6) is 0.786. The largest absolute Gasteiger partial charge is 0.393 e. The topological polar surface area (TPSA) is 32.3 Å². The summed E-state index contributed by atoms with van der Waals surface area (Å²) in [6, 6.07) is 12.9. The van der Waals surface area contributed by atoms with E-state index in [4.69, 9.17) is 0 Å². The minimum atomic E-state index is -4.21. The number of thiophene rings is 1. The fraction of sp³-hybridized carbons (Fsp3) is 0.429. The van der Waals surface area contributed by atoms with Crippen molar-refractivity contribution in [3.8, 4) is 0 Å². The van der Waals surface area contributed by atoms with E-state index in [-0.39, 0.29) is 0 Å². The smallest absolute Gasteiger partial charge is 0.351 e. The van der Waals surface area contributed by atoms with Gasteiger partial charge in [0.25, 0.3) is 0 Å². The number of likely N-dealkylation sites (tertiary alicyclic amines) is 1. The summed E-state index contributed by atoms with van der Waals surface area (Å²) in [5, 5.41) is 0.749. The molecular formula is C21H21F3N4S. The summed E-state index contributed by atoms with van der Waals surface area (Å²) in [4.78, 5) is 14.5. The van der Waals surface area contributed by atoms with Crippen LogP contribution in [0.2, 0.25) is 0 Å². The van der Waals surface area contributed by atoms with E-state index in [2.05, 4.69) is 44.0 Å². The number of anilines is 1. The van der Waals surface area contributed by atoms with Crippen molar-refractivity contribution in [1.82, 2.24) is 14.9 Å². The Kier molecular flexibility index (Phi) is 4.70. The highest BCUT2D eigenvalue weighted by atomic mass is 32.1. The average Bonchev–Trinajstić information content (AvgIpc) is 3.36. The molecule has 0 amide bonds. The van der Waals surface area contributed by atoms with Crippen molar-refractivity contribution < 1.29 is 13.2 Å². The maximum atomic E-state index is 12.8. The molecule has 2 aromatic heterocycles. The molecule has 5 rings (SSSR count). The van der Waals surface area contributed by atoms with E-state index in [0.29, 0.717) is 21.8 Å². The summed E-state index contributed by atoms with van der Waals surface area (Å²) >= 11 is 1.12. The molecule has 0 N–H and O–H groups in total. The van der Waals surface area contributed by atoms with Crippen molar-refractivity contribution in [1.29, 1.82) is 0 Å². The lowest BCUT2D eigenvalue weighted by Gasteiger charge is -2.26. The monoisotopic (exact) mass is 418 g/mol. The predicted molar refractivity (Wildman–Crippen MR) is 108 cm³/mol. The molecule has 2 atom stereocenters. The second kappa shape index (κ2) is 7.25. The van der Waals surface area contributed by atoms with E-state index in [0.717, 1.165) is 55.0 Å². The van der Waals surface area contributed by atoms with Crippen molar-refractivity contribution in [2.24, 2.45) is 0 Å². The van der Waals surface area contributed by atoms with Gasteiger partial charge in [0.1, 0.15) is 17.0 Å². The SMILES string of the molecule is FC(F)(F)Cc1cc2c(N3CCC4C3CCN4Cc3ccccc3)ncnc2s1. The van der Waals surface area contributed by atoms with E-state index in [9.17, 15) is 13.2 Å². The summed E-state index contributed by atoms with van der Waals surface area (Å²) < 4.78 is 38.5. The first-order chi connectivity index (χ1) is 14.0. The first-order valence-corrected chi connectivity index (χ1v) is 10.6. The van der Waals surface area contributed by atoms with Crippen LogP contribution >= 0.6 is 11.3 Å². The number of hydrogen-bond donors (Lipinski definition) is 0. The quantitative estimate of drug-likeness (QED) is 0.618. The summed E-state index contributed by atoms with van der Waals surface area (Å²) in [7, 11) is 0. The van der Waals surface area contributed by atoms with Crippen LogP contribution in [0, 0.1) is 0 Å². The maximum Gasteiger partial charge on any atom is 0.393 e. The highest BCUT2D eigenvalue weighted by Gasteiger charge is 2.43. The van der Waals surface area contributed by atoms with Crippen LogP contribution in [0.5, 0.6) is 0 Å². The lowest BCUT2D eigenvalue weighted by Crippen LogP contribution is -2.36. The number of hydrogen-bond acceptors (Lipinski definition) is 5. The zero-order valence-corrected chi connectivity index (χ0v) is 16.6. The van der Waals surface area contributed by atoms with Crippen LogP contribution in [0.4, 0.5) is 19.0 Å². The minimum Gasteiger partial charge on any atom is -0.351 e.